The summed E-state index contributed by atoms with van der Waals surface area (Å²) >= 11 is 11.1. The number of aliphatic carboxylic acids is 1. The summed E-state index contributed by atoms with van der Waals surface area (Å²) in [5.41, 5.74) is 0.615. The van der Waals surface area contributed by atoms with Gasteiger partial charge in [0, 0.05) is 6.42 Å². The van der Waals surface area contributed by atoms with Crippen LogP contribution in [0.15, 0.2) is 12.1 Å². The highest BCUT2D eigenvalue weighted by molar-refractivity contribution is 6.34. The number of halogens is 3. The fraction of sp³-hybridized carbons (Fsp3) is 0.222. The number of carboxylic acid groups (broad SMARTS) is 1. The van der Waals surface area contributed by atoms with Gasteiger partial charge in [0.2, 0.25) is 0 Å². The molecular formula is C9H7Cl2FO2. The monoisotopic (exact) mass is 236 g/mol. The maximum atomic E-state index is 12.9. The summed E-state index contributed by atoms with van der Waals surface area (Å²) in [6, 6.07) is 2.76. The fourth-order valence-electron chi connectivity index (χ4n) is 1.00. The van der Waals surface area contributed by atoms with E-state index in [2.05, 4.69) is 0 Å². The molecule has 0 heterocycles. The van der Waals surface area contributed by atoms with Gasteiger partial charge in [-0.15, -0.1) is 0 Å². The second-order valence-corrected chi connectivity index (χ2v) is 3.58. The van der Waals surface area contributed by atoms with E-state index in [1.54, 1.807) is 0 Å². The molecule has 0 spiro atoms. The van der Waals surface area contributed by atoms with Gasteiger partial charge < -0.3 is 5.11 Å². The number of aryl methyl sites for hydroxylation is 1. The van der Waals surface area contributed by atoms with Crippen molar-refractivity contribution in [3.8, 4) is 0 Å². The molecule has 1 aromatic rings. The van der Waals surface area contributed by atoms with Crippen LogP contribution in [0.5, 0.6) is 0 Å². The molecule has 0 radical (unpaired) electrons. The molecule has 0 aliphatic rings. The Labute approximate surface area is 90.3 Å². The average Bonchev–Trinajstić information content (AvgIpc) is 2.10. The molecule has 0 saturated heterocycles. The maximum absolute atomic E-state index is 12.9. The van der Waals surface area contributed by atoms with E-state index in [1.165, 1.54) is 12.1 Å². The second-order valence-electron chi connectivity index (χ2n) is 2.77. The van der Waals surface area contributed by atoms with Crippen molar-refractivity contribution in [2.75, 3.05) is 0 Å². The Kier molecular flexibility index (Phi) is 3.72. The van der Waals surface area contributed by atoms with E-state index in [1.807, 2.05) is 0 Å². The summed E-state index contributed by atoms with van der Waals surface area (Å²) in [5, 5.41) is 8.26. The van der Waals surface area contributed by atoms with Crippen LogP contribution < -0.4 is 0 Å². The summed E-state index contributed by atoms with van der Waals surface area (Å²) in [6.45, 7) is 0. The molecule has 1 N–H and O–H groups in total. The van der Waals surface area contributed by atoms with Gasteiger partial charge in [-0.3, -0.25) is 4.79 Å². The molecule has 1 rings (SSSR count). The summed E-state index contributed by atoms with van der Waals surface area (Å²) < 4.78 is 12.9. The van der Waals surface area contributed by atoms with Crippen LogP contribution in [0.25, 0.3) is 0 Å². The van der Waals surface area contributed by atoms with Crippen LogP contribution in [-0.2, 0) is 11.2 Å². The van der Waals surface area contributed by atoms with Crippen LogP contribution in [0, 0.1) is 5.82 Å². The van der Waals surface area contributed by atoms with Crippen molar-refractivity contribution in [3.05, 3.63) is 33.6 Å². The lowest BCUT2D eigenvalue weighted by molar-refractivity contribution is -0.136. The van der Waals surface area contributed by atoms with E-state index >= 15 is 0 Å². The number of hydrogen-bond acceptors (Lipinski definition) is 1. The Morgan fingerprint density at radius 1 is 1.36 bits per heavy atom. The van der Waals surface area contributed by atoms with E-state index in [0.717, 1.165) is 0 Å². The first-order valence-corrected chi connectivity index (χ1v) is 4.61. The number of hydrogen-bond donors (Lipinski definition) is 1. The largest absolute Gasteiger partial charge is 0.481 e. The molecule has 0 unspecified atom stereocenters. The molecule has 0 aliphatic heterocycles. The highest BCUT2D eigenvalue weighted by Gasteiger charge is 2.08. The summed E-state index contributed by atoms with van der Waals surface area (Å²) in [5.74, 6) is -1.59. The van der Waals surface area contributed by atoms with Gasteiger partial charge in [-0.05, 0) is 24.1 Å². The zero-order chi connectivity index (χ0) is 10.7. The lowest BCUT2D eigenvalue weighted by Crippen LogP contribution is -1.98. The third-order valence-corrected chi connectivity index (χ3v) is 2.22. The van der Waals surface area contributed by atoms with E-state index in [0.29, 0.717) is 5.56 Å². The Hall–Kier alpha value is -0.800. The number of carbonyl (C=O) groups is 1. The van der Waals surface area contributed by atoms with Crippen molar-refractivity contribution < 1.29 is 14.3 Å². The molecule has 0 saturated carbocycles. The number of rotatable bonds is 3. The minimum Gasteiger partial charge on any atom is -0.481 e. The molecular weight excluding hydrogens is 230 g/mol. The van der Waals surface area contributed by atoms with Crippen molar-refractivity contribution in [2.24, 2.45) is 0 Å². The Morgan fingerprint density at radius 2 is 1.86 bits per heavy atom. The SMILES string of the molecule is O=C(O)CCc1cc(Cl)c(F)c(Cl)c1. The molecule has 0 aliphatic carbocycles. The zero-order valence-corrected chi connectivity index (χ0v) is 8.57. The van der Waals surface area contributed by atoms with Crippen molar-refractivity contribution in [1.29, 1.82) is 0 Å². The van der Waals surface area contributed by atoms with Crippen molar-refractivity contribution in [1.82, 2.24) is 0 Å². The van der Waals surface area contributed by atoms with Crippen molar-refractivity contribution in [2.45, 2.75) is 12.8 Å². The molecule has 14 heavy (non-hydrogen) atoms. The Morgan fingerprint density at radius 3 is 2.29 bits per heavy atom. The lowest BCUT2D eigenvalue weighted by Gasteiger charge is -2.02. The van der Waals surface area contributed by atoms with Crippen molar-refractivity contribution in [3.63, 3.8) is 0 Å². The van der Waals surface area contributed by atoms with Crippen molar-refractivity contribution >= 4 is 29.2 Å². The van der Waals surface area contributed by atoms with Crippen LogP contribution in [0.1, 0.15) is 12.0 Å². The van der Waals surface area contributed by atoms with Gasteiger partial charge in [0.15, 0.2) is 5.82 Å². The van der Waals surface area contributed by atoms with E-state index < -0.39 is 11.8 Å². The molecule has 0 fully saturated rings. The average molecular weight is 237 g/mol. The van der Waals surface area contributed by atoms with Gasteiger partial charge in [-0.1, -0.05) is 23.2 Å². The van der Waals surface area contributed by atoms with Crippen LogP contribution in [0.4, 0.5) is 4.39 Å². The van der Waals surface area contributed by atoms with E-state index in [9.17, 15) is 9.18 Å². The maximum Gasteiger partial charge on any atom is 0.303 e. The van der Waals surface area contributed by atoms with Gasteiger partial charge >= 0.3 is 5.97 Å². The van der Waals surface area contributed by atoms with Crippen LogP contribution in [0.2, 0.25) is 10.0 Å². The zero-order valence-electron chi connectivity index (χ0n) is 7.06. The minimum atomic E-state index is -0.915. The van der Waals surface area contributed by atoms with Gasteiger partial charge in [0.05, 0.1) is 10.0 Å². The topological polar surface area (TPSA) is 37.3 Å². The van der Waals surface area contributed by atoms with Gasteiger partial charge in [-0.2, -0.15) is 0 Å². The van der Waals surface area contributed by atoms with Gasteiger partial charge in [-0.25, -0.2) is 4.39 Å². The molecule has 0 amide bonds. The molecule has 76 valence electrons. The van der Waals surface area contributed by atoms with Gasteiger partial charge in [0.25, 0.3) is 0 Å². The third kappa shape index (κ3) is 2.86. The fourth-order valence-corrected chi connectivity index (χ4v) is 1.54. The van der Waals surface area contributed by atoms with Crippen LogP contribution in [0.3, 0.4) is 0 Å². The first-order chi connectivity index (χ1) is 6.50. The molecule has 2 nitrogen and oxygen atoms in total. The highest BCUT2D eigenvalue weighted by atomic mass is 35.5. The van der Waals surface area contributed by atoms with Crippen LogP contribution in [-0.4, -0.2) is 11.1 Å². The lowest BCUT2D eigenvalue weighted by atomic mass is 10.1. The third-order valence-electron chi connectivity index (χ3n) is 1.67. The first kappa shape index (κ1) is 11.3. The quantitative estimate of drug-likeness (QED) is 0.820. The normalized spacial score (nSPS) is 10.2. The summed E-state index contributed by atoms with van der Waals surface area (Å²) in [4.78, 5) is 10.3. The summed E-state index contributed by atoms with van der Waals surface area (Å²) in [7, 11) is 0. The molecule has 0 atom stereocenters. The Balaban J connectivity index is 2.84. The smallest absolute Gasteiger partial charge is 0.303 e. The summed E-state index contributed by atoms with van der Waals surface area (Å²) in [6.07, 6.45) is 0.257. The second kappa shape index (κ2) is 4.62. The number of carboxylic acids is 1. The van der Waals surface area contributed by atoms with E-state index in [4.69, 9.17) is 28.3 Å². The molecule has 1 aromatic carbocycles. The predicted molar refractivity (Wildman–Crippen MR) is 52.4 cm³/mol. The molecule has 0 bridgehead atoms. The van der Waals surface area contributed by atoms with E-state index in [-0.39, 0.29) is 22.9 Å². The molecule has 5 heteroatoms. The molecule has 0 aromatic heterocycles. The Bertz CT molecular complexity index is 343. The number of benzene rings is 1. The highest BCUT2D eigenvalue weighted by Crippen LogP contribution is 2.25. The van der Waals surface area contributed by atoms with Crippen LogP contribution >= 0.6 is 23.2 Å². The predicted octanol–water partition coefficient (Wildman–Crippen LogP) is 3.15. The minimum absolute atomic E-state index is 0.0295. The van der Waals surface area contributed by atoms with Gasteiger partial charge in [0.1, 0.15) is 0 Å². The first-order valence-electron chi connectivity index (χ1n) is 3.86. The standard InChI is InChI=1S/C9H7Cl2FO2/c10-6-3-5(1-2-8(13)14)4-7(11)9(6)12/h3-4H,1-2H2,(H,13,14).